The number of hydrogen-bond donors (Lipinski definition) is 2. The van der Waals surface area contributed by atoms with Crippen LogP contribution in [-0.4, -0.2) is 32.1 Å². The van der Waals surface area contributed by atoms with E-state index in [1.807, 2.05) is 12.1 Å². The van der Waals surface area contributed by atoms with Crippen LogP contribution in [0, 0.1) is 0 Å². The molecule has 2 aromatic heterocycles. The summed E-state index contributed by atoms with van der Waals surface area (Å²) < 4.78 is 1.57. The van der Waals surface area contributed by atoms with Crippen LogP contribution in [-0.2, 0) is 13.1 Å². The Kier molecular flexibility index (Phi) is 4.29. The Labute approximate surface area is 134 Å². The van der Waals surface area contributed by atoms with E-state index in [4.69, 9.17) is 0 Å². The average molecular weight is 315 g/mol. The van der Waals surface area contributed by atoms with E-state index in [-0.39, 0.29) is 5.56 Å². The van der Waals surface area contributed by atoms with Crippen molar-refractivity contribution in [2.75, 3.05) is 12.0 Å². The first-order valence-electron chi connectivity index (χ1n) is 7.83. The molecule has 2 N–H and O–H groups in total. The van der Waals surface area contributed by atoms with Gasteiger partial charge >= 0.3 is 5.69 Å². The standard InChI is InChI=1S/C16H21N5O2/c1-3-11(2)20-9-13-14(18-10-20)21(16(23)19-15(13)22)8-12-5-4-6-17-7-12/h4-7,11,18H,3,8-10H2,1-2H3,(H,19,22,23)/t11-/m1/s1. The lowest BCUT2D eigenvalue weighted by atomic mass is 10.1. The van der Waals surface area contributed by atoms with Gasteiger partial charge in [-0.3, -0.25) is 24.2 Å². The number of aromatic amines is 1. The fourth-order valence-corrected chi connectivity index (χ4v) is 2.79. The molecule has 122 valence electrons. The van der Waals surface area contributed by atoms with Crippen LogP contribution < -0.4 is 16.6 Å². The molecule has 1 aliphatic rings. The van der Waals surface area contributed by atoms with Crippen LogP contribution in [0.15, 0.2) is 34.1 Å². The fraction of sp³-hybridized carbons (Fsp3) is 0.438. The van der Waals surface area contributed by atoms with Crippen molar-refractivity contribution in [2.45, 2.75) is 39.4 Å². The van der Waals surface area contributed by atoms with Crippen LogP contribution in [0.5, 0.6) is 0 Å². The maximum atomic E-state index is 12.2. The third kappa shape index (κ3) is 3.05. The molecule has 2 aromatic rings. The van der Waals surface area contributed by atoms with Gasteiger partial charge in [-0.25, -0.2) is 4.79 Å². The van der Waals surface area contributed by atoms with Gasteiger partial charge in [0.25, 0.3) is 5.56 Å². The van der Waals surface area contributed by atoms with E-state index in [1.54, 1.807) is 17.0 Å². The van der Waals surface area contributed by atoms with Gasteiger partial charge in [0, 0.05) is 25.0 Å². The number of fused-ring (bicyclic) bond motifs is 1. The van der Waals surface area contributed by atoms with Crippen molar-refractivity contribution in [1.29, 1.82) is 0 Å². The lowest BCUT2D eigenvalue weighted by Gasteiger charge is -2.34. The largest absolute Gasteiger partial charge is 0.358 e. The zero-order valence-electron chi connectivity index (χ0n) is 13.4. The minimum atomic E-state index is -0.401. The van der Waals surface area contributed by atoms with E-state index in [0.29, 0.717) is 37.2 Å². The highest BCUT2D eigenvalue weighted by Gasteiger charge is 2.24. The Morgan fingerprint density at radius 3 is 2.91 bits per heavy atom. The van der Waals surface area contributed by atoms with E-state index in [0.717, 1.165) is 12.0 Å². The van der Waals surface area contributed by atoms with Gasteiger partial charge in [0.2, 0.25) is 0 Å². The Bertz CT molecular complexity index is 796. The first-order chi connectivity index (χ1) is 11.1. The maximum Gasteiger partial charge on any atom is 0.330 e. The first kappa shape index (κ1) is 15.5. The van der Waals surface area contributed by atoms with Gasteiger partial charge < -0.3 is 5.32 Å². The van der Waals surface area contributed by atoms with Crippen LogP contribution in [0.4, 0.5) is 5.82 Å². The number of hydrogen-bond acceptors (Lipinski definition) is 5. The SMILES string of the molecule is CC[C@@H](C)N1CNc2c(c(=O)[nH]c(=O)n2Cc2cccnc2)C1. The molecule has 23 heavy (non-hydrogen) atoms. The van der Waals surface area contributed by atoms with Gasteiger partial charge in [-0.2, -0.15) is 0 Å². The number of pyridine rings is 1. The number of rotatable bonds is 4. The number of nitrogens with zero attached hydrogens (tertiary/aromatic N) is 3. The molecule has 0 aliphatic carbocycles. The van der Waals surface area contributed by atoms with Crippen molar-refractivity contribution in [3.63, 3.8) is 0 Å². The number of H-pyrrole nitrogens is 1. The lowest BCUT2D eigenvalue weighted by molar-refractivity contribution is 0.200. The van der Waals surface area contributed by atoms with Gasteiger partial charge in [0.15, 0.2) is 0 Å². The normalized spacial score (nSPS) is 15.7. The molecule has 0 unspecified atom stereocenters. The molecule has 0 amide bonds. The van der Waals surface area contributed by atoms with Crippen molar-refractivity contribution in [3.8, 4) is 0 Å². The molecule has 3 rings (SSSR count). The van der Waals surface area contributed by atoms with Crippen molar-refractivity contribution >= 4 is 5.82 Å². The molecule has 1 atom stereocenters. The predicted octanol–water partition coefficient (Wildman–Crippen LogP) is 0.963. The van der Waals surface area contributed by atoms with Gasteiger partial charge in [0.1, 0.15) is 5.82 Å². The summed E-state index contributed by atoms with van der Waals surface area (Å²) in [5, 5.41) is 3.25. The lowest BCUT2D eigenvalue weighted by Crippen LogP contribution is -2.46. The zero-order chi connectivity index (χ0) is 16.4. The highest BCUT2D eigenvalue weighted by molar-refractivity contribution is 5.46. The number of anilines is 1. The molecule has 0 spiro atoms. The number of nitrogens with one attached hydrogen (secondary N) is 2. The Hall–Kier alpha value is -2.41. The predicted molar refractivity (Wildman–Crippen MR) is 88.4 cm³/mol. The molecule has 0 bridgehead atoms. The summed E-state index contributed by atoms with van der Waals surface area (Å²) in [7, 11) is 0. The van der Waals surface area contributed by atoms with E-state index >= 15 is 0 Å². The van der Waals surface area contributed by atoms with Crippen molar-refractivity contribution < 1.29 is 0 Å². The van der Waals surface area contributed by atoms with Crippen molar-refractivity contribution in [3.05, 3.63) is 56.5 Å². The summed E-state index contributed by atoms with van der Waals surface area (Å²) in [6.45, 7) is 5.79. The molecule has 1 aliphatic heterocycles. The van der Waals surface area contributed by atoms with Gasteiger partial charge in [-0.05, 0) is 25.0 Å². The molecular formula is C16H21N5O2. The van der Waals surface area contributed by atoms with Crippen molar-refractivity contribution in [1.82, 2.24) is 19.4 Å². The highest BCUT2D eigenvalue weighted by atomic mass is 16.2. The quantitative estimate of drug-likeness (QED) is 0.878. The van der Waals surface area contributed by atoms with Gasteiger partial charge in [0.05, 0.1) is 18.8 Å². The molecule has 3 heterocycles. The van der Waals surface area contributed by atoms with Crippen LogP contribution in [0.1, 0.15) is 31.4 Å². The molecule has 7 heteroatoms. The second-order valence-corrected chi connectivity index (χ2v) is 5.87. The second-order valence-electron chi connectivity index (χ2n) is 5.87. The Morgan fingerprint density at radius 2 is 2.22 bits per heavy atom. The first-order valence-corrected chi connectivity index (χ1v) is 7.83. The van der Waals surface area contributed by atoms with E-state index in [9.17, 15) is 9.59 Å². The van der Waals surface area contributed by atoms with Gasteiger partial charge in [-0.15, -0.1) is 0 Å². The van der Waals surface area contributed by atoms with Crippen LogP contribution in [0.25, 0.3) is 0 Å². The maximum absolute atomic E-state index is 12.2. The minimum absolute atomic E-state index is 0.312. The van der Waals surface area contributed by atoms with Crippen LogP contribution >= 0.6 is 0 Å². The zero-order valence-corrected chi connectivity index (χ0v) is 13.4. The molecule has 0 saturated carbocycles. The third-order valence-electron chi connectivity index (χ3n) is 4.38. The second kappa shape index (κ2) is 6.37. The van der Waals surface area contributed by atoms with Crippen LogP contribution in [0.2, 0.25) is 0 Å². The van der Waals surface area contributed by atoms with E-state index < -0.39 is 5.69 Å². The topological polar surface area (TPSA) is 83.0 Å². The summed E-state index contributed by atoms with van der Waals surface area (Å²) in [6.07, 6.45) is 4.42. The van der Waals surface area contributed by atoms with E-state index in [2.05, 4.69) is 34.0 Å². The fourth-order valence-electron chi connectivity index (χ4n) is 2.79. The average Bonchev–Trinajstić information content (AvgIpc) is 2.58. The number of aromatic nitrogens is 3. The molecule has 0 aromatic carbocycles. The van der Waals surface area contributed by atoms with Gasteiger partial charge in [-0.1, -0.05) is 13.0 Å². The minimum Gasteiger partial charge on any atom is -0.358 e. The summed E-state index contributed by atoms with van der Waals surface area (Å²) in [5.74, 6) is 0.613. The smallest absolute Gasteiger partial charge is 0.330 e. The summed E-state index contributed by atoms with van der Waals surface area (Å²) in [6, 6.07) is 4.11. The molecule has 0 radical (unpaired) electrons. The third-order valence-corrected chi connectivity index (χ3v) is 4.38. The Morgan fingerprint density at radius 1 is 1.39 bits per heavy atom. The Balaban J connectivity index is 2.00. The van der Waals surface area contributed by atoms with E-state index in [1.165, 1.54) is 0 Å². The molecule has 0 fully saturated rings. The highest BCUT2D eigenvalue weighted by Crippen LogP contribution is 2.20. The summed E-state index contributed by atoms with van der Waals surface area (Å²) in [4.78, 5) is 33.1. The van der Waals surface area contributed by atoms with Crippen molar-refractivity contribution in [2.24, 2.45) is 0 Å². The molecular weight excluding hydrogens is 294 g/mol. The molecule has 0 saturated heterocycles. The molecule has 7 nitrogen and oxygen atoms in total. The monoisotopic (exact) mass is 315 g/mol. The van der Waals surface area contributed by atoms with Crippen LogP contribution in [0.3, 0.4) is 0 Å². The summed E-state index contributed by atoms with van der Waals surface area (Å²) >= 11 is 0. The summed E-state index contributed by atoms with van der Waals surface area (Å²) in [5.41, 5.74) is 0.810.